The summed E-state index contributed by atoms with van der Waals surface area (Å²) in [6.07, 6.45) is 7.11. The minimum atomic E-state index is -0.797. The van der Waals surface area contributed by atoms with Crippen LogP contribution in [0.15, 0.2) is 128 Å². The number of hydrogen-bond donors (Lipinski definition) is 4. The zero-order valence-corrected chi connectivity index (χ0v) is 43.3. The molecule has 3 aliphatic heterocycles. The number of amides is 3. The van der Waals surface area contributed by atoms with Crippen molar-refractivity contribution in [1.82, 2.24) is 25.3 Å². The molecule has 3 aliphatic rings. The third-order valence-electron chi connectivity index (χ3n) is 14.5. The molecule has 3 amide bonds. The van der Waals surface area contributed by atoms with E-state index in [1.54, 1.807) is 4.90 Å². The van der Waals surface area contributed by atoms with Crippen molar-refractivity contribution in [2.45, 2.75) is 129 Å². The molecule has 0 radical (unpaired) electrons. The number of carbonyl (C=O) groups excluding carboxylic acids is 3. The summed E-state index contributed by atoms with van der Waals surface area (Å²) in [5, 5.41) is 13.0. The molecule has 376 valence electrons. The molecule has 3 saturated heterocycles. The third kappa shape index (κ3) is 12.7. The van der Waals surface area contributed by atoms with E-state index in [2.05, 4.69) is 150 Å². The van der Waals surface area contributed by atoms with Gasteiger partial charge in [-0.05, 0) is 128 Å². The number of nitrogens with one attached hydrogen (secondary N) is 4. The Morgan fingerprint density at radius 2 is 1.23 bits per heavy atom. The number of methoxy groups -OCH3 is 1. The molecule has 12 heteroatoms. The van der Waals surface area contributed by atoms with Crippen LogP contribution in [0.4, 0.5) is 21.9 Å². The topological polar surface area (TPSA) is 122 Å². The van der Waals surface area contributed by atoms with Gasteiger partial charge < -0.3 is 45.6 Å². The van der Waals surface area contributed by atoms with Crippen molar-refractivity contribution in [3.05, 3.63) is 145 Å². The van der Waals surface area contributed by atoms with Crippen molar-refractivity contribution in [3.8, 4) is 0 Å². The molecule has 3 heterocycles. The number of anilines is 3. The van der Waals surface area contributed by atoms with Crippen molar-refractivity contribution in [3.63, 3.8) is 0 Å². The molecule has 3 aromatic carbocycles. The van der Waals surface area contributed by atoms with Gasteiger partial charge in [-0.3, -0.25) is 9.59 Å². The van der Waals surface area contributed by atoms with E-state index in [0.717, 1.165) is 102 Å². The van der Waals surface area contributed by atoms with Crippen LogP contribution in [0, 0.1) is 11.8 Å². The van der Waals surface area contributed by atoms with Crippen LogP contribution in [0.3, 0.4) is 0 Å². The van der Waals surface area contributed by atoms with Crippen LogP contribution in [0.5, 0.6) is 0 Å². The molecule has 0 aliphatic carbocycles. The van der Waals surface area contributed by atoms with Crippen LogP contribution in [-0.2, 0) is 14.3 Å². The lowest BCUT2D eigenvalue weighted by atomic mass is 9.99. The van der Waals surface area contributed by atoms with Gasteiger partial charge in [-0.2, -0.15) is 0 Å². The molecular weight excluding hydrogens is 873 g/mol. The number of carbonyl (C=O) groups is 3. The number of hydrogen-bond acceptors (Lipinski definition) is 9. The Balaban J connectivity index is 1.19. The van der Waals surface area contributed by atoms with Crippen LogP contribution in [0.2, 0.25) is 0 Å². The molecule has 3 fully saturated rings. The summed E-state index contributed by atoms with van der Waals surface area (Å²) in [5.74, 6) is -0.350. The first-order valence-corrected chi connectivity index (χ1v) is 25.3. The minimum Gasteiger partial charge on any atom is -0.453 e. The van der Waals surface area contributed by atoms with E-state index >= 15 is 0 Å². The molecule has 2 unspecified atom stereocenters. The molecule has 6 rings (SSSR count). The first-order chi connectivity index (χ1) is 33.4. The van der Waals surface area contributed by atoms with Gasteiger partial charge in [0.15, 0.2) is 0 Å². The van der Waals surface area contributed by atoms with E-state index in [4.69, 9.17) is 4.74 Å². The van der Waals surface area contributed by atoms with E-state index in [1.165, 1.54) is 12.7 Å². The molecule has 70 heavy (non-hydrogen) atoms. The Labute approximate surface area is 419 Å². The molecular formula is C58H80N8O4. The smallest absolute Gasteiger partial charge is 0.407 e. The van der Waals surface area contributed by atoms with E-state index in [0.29, 0.717) is 31.0 Å². The Morgan fingerprint density at radius 3 is 1.76 bits per heavy atom. The highest BCUT2D eigenvalue weighted by Gasteiger charge is 2.40. The second-order valence-corrected chi connectivity index (χ2v) is 20.2. The average molecular weight is 953 g/mol. The van der Waals surface area contributed by atoms with E-state index in [9.17, 15) is 14.4 Å². The van der Waals surface area contributed by atoms with Gasteiger partial charge in [-0.25, -0.2) is 4.79 Å². The Morgan fingerprint density at radius 1 is 0.686 bits per heavy atom. The normalized spacial score (nSPS) is 19.7. The predicted molar refractivity (Wildman–Crippen MR) is 288 cm³/mol. The number of nitrogens with zero attached hydrogens (tertiary/aromatic N) is 4. The lowest BCUT2D eigenvalue weighted by Gasteiger charge is -2.37. The van der Waals surface area contributed by atoms with Gasteiger partial charge >= 0.3 is 6.09 Å². The van der Waals surface area contributed by atoms with Gasteiger partial charge in [-0.1, -0.05) is 104 Å². The maximum absolute atomic E-state index is 13.8. The van der Waals surface area contributed by atoms with E-state index in [1.807, 2.05) is 40.1 Å². The molecule has 6 atom stereocenters. The number of allylic oxidation sites excluding steroid dienone is 3. The van der Waals surface area contributed by atoms with Gasteiger partial charge in [0, 0.05) is 67.0 Å². The van der Waals surface area contributed by atoms with Crippen LogP contribution in [0.1, 0.15) is 121 Å². The maximum Gasteiger partial charge on any atom is 0.407 e. The summed E-state index contributed by atoms with van der Waals surface area (Å²) in [4.78, 5) is 48.1. The molecule has 0 aromatic heterocycles. The zero-order valence-electron chi connectivity index (χ0n) is 43.3. The average Bonchev–Trinajstić information content (AvgIpc) is 4.15. The summed E-state index contributed by atoms with van der Waals surface area (Å²) in [5.41, 5.74) is 11.5. The van der Waals surface area contributed by atoms with Crippen molar-refractivity contribution < 1.29 is 19.1 Å². The van der Waals surface area contributed by atoms with Gasteiger partial charge in [0.1, 0.15) is 12.1 Å². The number of rotatable bonds is 22. The minimum absolute atomic E-state index is 0.0723. The molecule has 0 saturated carbocycles. The third-order valence-corrected chi connectivity index (χ3v) is 14.5. The lowest BCUT2D eigenvalue weighted by molar-refractivity contribution is -0.139. The molecule has 0 spiro atoms. The van der Waals surface area contributed by atoms with Gasteiger partial charge in [0.25, 0.3) is 0 Å². The highest BCUT2D eigenvalue weighted by atomic mass is 16.5. The fourth-order valence-electron chi connectivity index (χ4n) is 10.2. The zero-order chi connectivity index (χ0) is 50.8. The number of alkyl carbamates (subject to hydrolysis) is 1. The predicted octanol–water partition coefficient (Wildman–Crippen LogP) is 11.4. The summed E-state index contributed by atoms with van der Waals surface area (Å²) >= 11 is 0. The molecule has 4 N–H and O–H groups in total. The van der Waals surface area contributed by atoms with Crippen molar-refractivity contribution >= 4 is 40.5 Å². The number of likely N-dealkylation sites (tertiary alicyclic amines) is 2. The second kappa shape index (κ2) is 23.9. The van der Waals surface area contributed by atoms with Crippen molar-refractivity contribution in [2.24, 2.45) is 11.8 Å². The summed E-state index contributed by atoms with van der Waals surface area (Å²) in [6.45, 7) is 33.7. The summed E-state index contributed by atoms with van der Waals surface area (Å²) < 4.78 is 4.77. The Kier molecular flexibility index (Phi) is 18.1. The van der Waals surface area contributed by atoms with E-state index < -0.39 is 18.2 Å². The van der Waals surface area contributed by atoms with Crippen molar-refractivity contribution in [1.29, 1.82) is 0 Å². The largest absolute Gasteiger partial charge is 0.453 e. The summed E-state index contributed by atoms with van der Waals surface area (Å²) in [7, 11) is 5.31. The van der Waals surface area contributed by atoms with Gasteiger partial charge in [-0.15, -0.1) is 0 Å². The monoisotopic (exact) mass is 953 g/mol. The van der Waals surface area contributed by atoms with Gasteiger partial charge in [0.2, 0.25) is 11.8 Å². The Hall–Kier alpha value is -6.43. The quantitative estimate of drug-likeness (QED) is 0.0780. The standard InChI is InChI=1S/C58H80N8O4/c1-14-40(7)59-54(37(2)3)43(10)64-35-15-17-50(64)42(9)60-47-27-21-45(22-28-47)51-33-34-52(66(51)49-31-25-44(26-32-49)39(6)19-20-41(8)63(11)12)46-23-29-48(30-24-46)61-56(67)53-18-16-36-65(53)57(68)55(38(4)5)62-58(69)70-13/h21-32,37-38,50-55,59-60H,6-10,14-20,33-36H2,1-5,11-13H3,(H,61,67)(H,62,69)/t50-,51?,52?,53-,54-,55-/m0/s1. The SMILES string of the molecule is C=C(CC)N[C@H](C(=C)N1CCC[C@H]1C(=C)Nc1ccc(C2CCC(c3ccc(NC(=O)[C@@H]4CCCN4C(=O)[C@@H](NC(=O)OC)C(C)C)cc3)N2c2ccc(C(=C)CCC(=C)N(C)C)cc2)cc1)C(C)C. The highest BCUT2D eigenvalue weighted by molar-refractivity contribution is 5.98. The number of ether oxygens (including phenoxy) is 1. The first kappa shape index (κ1) is 52.9. The highest BCUT2D eigenvalue weighted by Crippen LogP contribution is 2.47. The Bertz CT molecular complexity index is 2230. The van der Waals surface area contributed by atoms with Crippen LogP contribution in [0.25, 0.3) is 5.57 Å². The maximum atomic E-state index is 13.8. The summed E-state index contributed by atoms with van der Waals surface area (Å²) in [6, 6.07) is 24.8. The van der Waals surface area contributed by atoms with Crippen LogP contribution < -0.4 is 26.2 Å². The van der Waals surface area contributed by atoms with Gasteiger partial charge in [0.05, 0.1) is 31.3 Å². The van der Waals surface area contributed by atoms with Crippen LogP contribution in [-0.4, -0.2) is 91.1 Å². The number of benzene rings is 3. The molecule has 0 bridgehead atoms. The molecule has 3 aromatic rings. The first-order valence-electron chi connectivity index (χ1n) is 25.3. The second-order valence-electron chi connectivity index (χ2n) is 20.2. The van der Waals surface area contributed by atoms with E-state index in [-0.39, 0.29) is 41.9 Å². The van der Waals surface area contributed by atoms with Crippen molar-refractivity contribution in [2.75, 3.05) is 49.8 Å². The fourth-order valence-corrected chi connectivity index (χ4v) is 10.2. The fraction of sp³-hybridized carbons (Fsp3) is 0.466. The van der Waals surface area contributed by atoms with Crippen LogP contribution >= 0.6 is 0 Å². The molecule has 12 nitrogen and oxygen atoms in total. The lowest BCUT2D eigenvalue weighted by Crippen LogP contribution is -2.54.